The number of hydrogen-bond donors (Lipinski definition) is 9. The van der Waals surface area contributed by atoms with Crippen LogP contribution in [0.25, 0.3) is 11.2 Å². The zero-order valence-corrected chi connectivity index (χ0v) is 27.0. The van der Waals surface area contributed by atoms with Gasteiger partial charge in [0.05, 0.1) is 12.9 Å². The molecule has 1 unspecified atom stereocenters. The van der Waals surface area contributed by atoms with Crippen molar-refractivity contribution in [3.05, 3.63) is 12.7 Å². The third-order valence-electron chi connectivity index (χ3n) is 7.19. The van der Waals surface area contributed by atoms with E-state index in [1.165, 1.54) is 10.9 Å². The number of anilines is 1. The Kier molecular flexibility index (Phi) is 10.9. The van der Waals surface area contributed by atoms with Gasteiger partial charge in [-0.1, -0.05) is 6.42 Å². The van der Waals surface area contributed by atoms with Crippen LogP contribution in [-0.4, -0.2) is 110 Å². The molecule has 46 heavy (non-hydrogen) atoms. The van der Waals surface area contributed by atoms with Gasteiger partial charge in [-0.3, -0.25) is 24.5 Å². The Morgan fingerprint density at radius 2 is 1.85 bits per heavy atom. The first kappa shape index (κ1) is 35.7. The standard InChI is InChI=1S/C20H32N7O15P3S/c21-17-14-18(23-7-22-17)27(8-24-14)19-16(30)15(29)10(39-19)5-38-45(37,42-44(35,36)41-43(32,33)34)40-12(28)4-2-1-3-11-13-9(6-46-11)25-20(31)26-13/h7-11,13,15-16,19-20,25-26,29-31H,1-6H2,(H,35,36)(H2,21,22,23)(H2,32,33,34)/t9-,10+,11-,13-,15+,16+,19+,20+,45-/m0/s1. The second-order valence-electron chi connectivity index (χ2n) is 10.4. The third kappa shape index (κ3) is 8.50. The molecule has 0 bridgehead atoms. The maximum absolute atomic E-state index is 13.3. The number of phosphoric acid groups is 3. The number of thioether (sulfide) groups is 1. The van der Waals surface area contributed by atoms with Crippen LogP contribution in [0.4, 0.5) is 5.82 Å². The number of carbonyl (C=O) groups is 1. The number of fused-ring (bicyclic) bond motifs is 2. The number of phosphoric ester groups is 1. The summed E-state index contributed by atoms with van der Waals surface area (Å²) in [7, 11) is -17.1. The van der Waals surface area contributed by atoms with E-state index in [-0.39, 0.29) is 47.2 Å². The first-order chi connectivity index (χ1) is 21.5. The van der Waals surface area contributed by atoms with Gasteiger partial charge in [0.25, 0.3) is 0 Å². The average Bonchev–Trinajstić information content (AvgIpc) is 3.68. The molecule has 258 valence electrons. The van der Waals surface area contributed by atoms with Gasteiger partial charge in [0.15, 0.2) is 24.0 Å². The largest absolute Gasteiger partial charge is 0.541 e. The first-order valence-corrected chi connectivity index (χ1v) is 19.1. The minimum Gasteiger partial charge on any atom is -0.387 e. The van der Waals surface area contributed by atoms with Gasteiger partial charge < -0.3 is 45.0 Å². The Morgan fingerprint density at radius 3 is 2.59 bits per heavy atom. The number of imidazole rings is 1. The summed E-state index contributed by atoms with van der Waals surface area (Å²) in [6.07, 6.45) is -3.75. The molecule has 3 saturated heterocycles. The van der Waals surface area contributed by atoms with E-state index in [4.69, 9.17) is 29.3 Å². The van der Waals surface area contributed by atoms with Crippen molar-refractivity contribution in [3.8, 4) is 0 Å². The Hall–Kier alpha value is -1.62. The lowest BCUT2D eigenvalue weighted by Crippen LogP contribution is -2.37. The van der Waals surface area contributed by atoms with E-state index in [9.17, 15) is 38.7 Å². The molecule has 0 aliphatic carbocycles. The van der Waals surface area contributed by atoms with Crippen molar-refractivity contribution in [1.82, 2.24) is 30.2 Å². The maximum atomic E-state index is 13.3. The minimum absolute atomic E-state index is 0.0246. The highest BCUT2D eigenvalue weighted by Crippen LogP contribution is 2.68. The lowest BCUT2D eigenvalue weighted by molar-refractivity contribution is -0.136. The lowest BCUT2D eigenvalue weighted by Gasteiger charge is -2.22. The molecule has 0 amide bonds. The lowest BCUT2D eigenvalue weighted by atomic mass is 10.0. The van der Waals surface area contributed by atoms with Crippen molar-refractivity contribution in [2.75, 3.05) is 18.1 Å². The normalized spacial score (nSPS) is 32.3. The molecular weight excluding hydrogens is 703 g/mol. The first-order valence-electron chi connectivity index (χ1n) is 13.6. The highest BCUT2D eigenvalue weighted by atomic mass is 32.2. The molecule has 2 aromatic heterocycles. The summed E-state index contributed by atoms with van der Waals surface area (Å²) in [6, 6.07) is 0.136. The van der Waals surface area contributed by atoms with Gasteiger partial charge in [-0.05, 0) is 12.8 Å². The third-order valence-corrected chi connectivity index (χ3v) is 12.9. The van der Waals surface area contributed by atoms with Crippen molar-refractivity contribution in [2.45, 2.75) is 73.9 Å². The number of aliphatic hydroxyl groups is 3. The molecule has 10 atom stereocenters. The number of nitrogens with zero attached hydrogens (tertiary/aromatic N) is 4. The van der Waals surface area contributed by atoms with Crippen LogP contribution >= 0.6 is 35.2 Å². The molecule has 22 nitrogen and oxygen atoms in total. The Balaban J connectivity index is 1.21. The second kappa shape index (κ2) is 14.1. The van der Waals surface area contributed by atoms with E-state index >= 15 is 0 Å². The number of ether oxygens (including phenoxy) is 1. The number of carbonyl (C=O) groups excluding carboxylic acids is 1. The number of unbranched alkanes of at least 4 members (excludes halogenated alkanes) is 1. The molecule has 2 aromatic rings. The number of nitrogens with two attached hydrogens (primary N) is 1. The molecule has 3 aliphatic heterocycles. The molecule has 5 heterocycles. The van der Waals surface area contributed by atoms with Crippen LogP contribution in [0.1, 0.15) is 31.9 Å². The molecule has 10 N–H and O–H groups in total. The van der Waals surface area contributed by atoms with Gasteiger partial charge in [0.2, 0.25) is 0 Å². The van der Waals surface area contributed by atoms with Gasteiger partial charge in [0.1, 0.15) is 30.2 Å². The van der Waals surface area contributed by atoms with E-state index in [0.717, 1.165) is 12.1 Å². The molecule has 0 aromatic carbocycles. The molecule has 3 aliphatic rings. The Morgan fingerprint density at radius 1 is 1.09 bits per heavy atom. The zero-order valence-electron chi connectivity index (χ0n) is 23.5. The van der Waals surface area contributed by atoms with E-state index < -0.39 is 66.9 Å². The average molecular weight is 735 g/mol. The summed E-state index contributed by atoms with van der Waals surface area (Å²) in [4.78, 5) is 52.1. The summed E-state index contributed by atoms with van der Waals surface area (Å²) in [5.41, 5.74) is 6.06. The van der Waals surface area contributed by atoms with E-state index in [1.54, 1.807) is 11.8 Å². The summed E-state index contributed by atoms with van der Waals surface area (Å²) in [5, 5.41) is 37.1. The van der Waals surface area contributed by atoms with Gasteiger partial charge in [-0.2, -0.15) is 20.4 Å². The van der Waals surface area contributed by atoms with Crippen LogP contribution in [0.15, 0.2) is 12.7 Å². The van der Waals surface area contributed by atoms with E-state index in [2.05, 4.69) is 34.2 Å². The number of nitrogens with one attached hydrogen (secondary N) is 2. The van der Waals surface area contributed by atoms with Crippen LogP contribution < -0.4 is 16.4 Å². The molecule has 0 saturated carbocycles. The second-order valence-corrected chi connectivity index (χ2v) is 16.3. The number of aliphatic hydroxyl groups excluding tert-OH is 3. The van der Waals surface area contributed by atoms with Gasteiger partial charge in [-0.25, -0.2) is 28.6 Å². The quantitative estimate of drug-likeness (QED) is 0.0813. The number of rotatable bonds is 14. The number of nitrogen functional groups attached to an aromatic ring is 1. The predicted molar refractivity (Wildman–Crippen MR) is 154 cm³/mol. The minimum atomic E-state index is -5.88. The Bertz CT molecular complexity index is 1570. The highest BCUT2D eigenvalue weighted by molar-refractivity contribution is 8.00. The molecule has 0 radical (unpaired) electrons. The fraction of sp³-hybridized carbons (Fsp3) is 0.700. The summed E-state index contributed by atoms with van der Waals surface area (Å²) >= 11 is 1.69. The van der Waals surface area contributed by atoms with Crippen LogP contribution in [0.5, 0.6) is 0 Å². The van der Waals surface area contributed by atoms with E-state index in [0.29, 0.717) is 12.8 Å². The molecule has 0 spiro atoms. The van der Waals surface area contributed by atoms with Gasteiger partial charge in [0, 0.05) is 29.5 Å². The van der Waals surface area contributed by atoms with Crippen molar-refractivity contribution in [2.24, 2.45) is 0 Å². The molecular formula is C20H32N7O15P3S. The predicted octanol–water partition coefficient (Wildman–Crippen LogP) is -1.20. The Labute approximate surface area is 263 Å². The summed E-state index contributed by atoms with van der Waals surface area (Å²) in [5.74, 6) is -0.409. The topological polar surface area (TPSA) is 329 Å². The van der Waals surface area contributed by atoms with Crippen LogP contribution in [0.2, 0.25) is 0 Å². The smallest absolute Gasteiger partial charge is 0.387 e. The molecule has 5 rings (SSSR count). The number of hydrogen-bond acceptors (Lipinski definition) is 19. The summed E-state index contributed by atoms with van der Waals surface area (Å²) < 4.78 is 61.2. The van der Waals surface area contributed by atoms with E-state index in [1.807, 2.05) is 0 Å². The zero-order chi connectivity index (χ0) is 33.4. The monoisotopic (exact) mass is 735 g/mol. The van der Waals surface area contributed by atoms with Crippen molar-refractivity contribution in [1.29, 1.82) is 0 Å². The van der Waals surface area contributed by atoms with Crippen molar-refractivity contribution < 1.29 is 70.9 Å². The van der Waals surface area contributed by atoms with Crippen LogP contribution in [0, 0.1) is 0 Å². The van der Waals surface area contributed by atoms with Crippen molar-refractivity contribution in [3.63, 3.8) is 0 Å². The fourth-order valence-electron chi connectivity index (χ4n) is 5.21. The molecule has 3 fully saturated rings. The number of aromatic nitrogens is 4. The fourth-order valence-corrected chi connectivity index (χ4v) is 10.3. The van der Waals surface area contributed by atoms with Crippen molar-refractivity contribution >= 4 is 58.2 Å². The molecule has 26 heteroatoms. The van der Waals surface area contributed by atoms with Crippen LogP contribution in [0.3, 0.4) is 0 Å². The van der Waals surface area contributed by atoms with Gasteiger partial charge >= 0.3 is 29.4 Å². The van der Waals surface area contributed by atoms with Gasteiger partial charge in [-0.15, -0.1) is 0 Å². The SMILES string of the molecule is Nc1ncnc2c1ncn2[C@@H]1O[C@H](CO[P@@](=O)(OC(=O)CCCC[C@@H]2SC[C@@H]3N[C@@H](O)N[C@@H]32)OP(=O)(O)OP(=O)(O)O)[C@@H](O)[C@H]1O. The maximum Gasteiger partial charge on any atom is 0.541 e. The van der Waals surface area contributed by atoms with Crippen LogP contribution in [-0.2, 0) is 40.9 Å². The summed E-state index contributed by atoms with van der Waals surface area (Å²) in [6.45, 7) is -0.993. The highest BCUT2D eigenvalue weighted by Gasteiger charge is 2.49.